The predicted molar refractivity (Wildman–Crippen MR) is 94.2 cm³/mol. The van der Waals surface area contributed by atoms with Gasteiger partial charge in [0, 0.05) is 43.8 Å². The number of carbonyl (C=O) groups is 1. The van der Waals surface area contributed by atoms with Gasteiger partial charge in [-0.05, 0) is 13.0 Å². The van der Waals surface area contributed by atoms with Crippen LogP contribution in [0.4, 0.5) is 30.6 Å². The number of nitro benzene ring substituents is 1. The van der Waals surface area contributed by atoms with Crippen LogP contribution in [0.25, 0.3) is 0 Å². The Morgan fingerprint density at radius 1 is 1.25 bits per heavy atom. The molecule has 0 unspecified atom stereocenters. The van der Waals surface area contributed by atoms with Crippen LogP contribution in [0.2, 0.25) is 0 Å². The maximum absolute atomic E-state index is 14.0. The molecule has 1 amide bonds. The number of nitro groups is 1. The Morgan fingerprint density at radius 3 is 2.54 bits per heavy atom. The number of carbonyl (C=O) groups excluding carboxylic acids is 1. The van der Waals surface area contributed by atoms with Crippen LogP contribution in [0.15, 0.2) is 24.3 Å². The van der Waals surface area contributed by atoms with Crippen molar-refractivity contribution >= 4 is 23.4 Å². The van der Waals surface area contributed by atoms with Gasteiger partial charge in [0.1, 0.15) is 11.6 Å². The fraction of sp³-hybridized carbons (Fsp3) is 0.353. The third kappa shape index (κ3) is 4.35. The third-order valence-corrected chi connectivity index (χ3v) is 4.27. The van der Waals surface area contributed by atoms with E-state index in [-0.39, 0.29) is 43.3 Å². The molecular formula is C17H16F3N5O3. The highest BCUT2D eigenvalue weighted by Crippen LogP contribution is 2.29. The largest absolute Gasteiger partial charge is 0.340 e. The summed E-state index contributed by atoms with van der Waals surface area (Å²) < 4.78 is 40.7. The Hall–Kier alpha value is -3.24. The molecule has 0 saturated carbocycles. The van der Waals surface area contributed by atoms with Crippen molar-refractivity contribution in [3.05, 3.63) is 51.5 Å². The number of hydrogen-bond acceptors (Lipinski definition) is 6. The molecule has 1 aliphatic rings. The van der Waals surface area contributed by atoms with Crippen molar-refractivity contribution in [2.75, 3.05) is 23.3 Å². The summed E-state index contributed by atoms with van der Waals surface area (Å²) in [5.74, 6) is -4.35. The summed E-state index contributed by atoms with van der Waals surface area (Å²) in [5, 5.41) is 13.1. The maximum Gasteiger partial charge on any atom is 0.272 e. The van der Waals surface area contributed by atoms with Gasteiger partial charge in [-0.15, -0.1) is 0 Å². The van der Waals surface area contributed by atoms with E-state index in [1.807, 2.05) is 0 Å². The fourth-order valence-electron chi connectivity index (χ4n) is 2.78. The number of rotatable bonds is 4. The fourth-order valence-corrected chi connectivity index (χ4v) is 2.78. The molecule has 0 aliphatic carbocycles. The van der Waals surface area contributed by atoms with Crippen LogP contribution in [0.3, 0.4) is 0 Å². The summed E-state index contributed by atoms with van der Waals surface area (Å²) in [6.07, 6.45) is -0.639. The molecule has 1 N–H and O–H groups in total. The molecule has 0 atom stereocenters. The molecule has 2 aromatic rings. The first kappa shape index (κ1) is 19.5. The van der Waals surface area contributed by atoms with Crippen molar-refractivity contribution in [2.24, 2.45) is 0 Å². The van der Waals surface area contributed by atoms with Gasteiger partial charge in [-0.1, -0.05) is 0 Å². The third-order valence-electron chi connectivity index (χ3n) is 4.27. The number of aromatic nitrogens is 2. The lowest BCUT2D eigenvalue weighted by molar-refractivity contribution is -0.385. The van der Waals surface area contributed by atoms with Gasteiger partial charge >= 0.3 is 0 Å². The Morgan fingerprint density at radius 2 is 1.93 bits per heavy atom. The van der Waals surface area contributed by atoms with Crippen LogP contribution in [0.1, 0.15) is 28.9 Å². The van der Waals surface area contributed by atoms with E-state index in [9.17, 15) is 28.1 Å². The number of non-ortho nitro benzene ring substituents is 1. The summed E-state index contributed by atoms with van der Waals surface area (Å²) in [7, 11) is 0. The maximum atomic E-state index is 14.0. The lowest BCUT2D eigenvalue weighted by atomic mass is 10.1. The van der Waals surface area contributed by atoms with Gasteiger partial charge in [-0.2, -0.15) is 4.98 Å². The second-order valence-corrected chi connectivity index (χ2v) is 6.41. The lowest BCUT2D eigenvalue weighted by Crippen LogP contribution is -2.40. The second kappa shape index (κ2) is 7.41. The number of halogens is 3. The number of alkyl halides is 2. The summed E-state index contributed by atoms with van der Waals surface area (Å²) in [4.78, 5) is 32.1. The van der Waals surface area contributed by atoms with E-state index >= 15 is 0 Å². The van der Waals surface area contributed by atoms with Crippen LogP contribution in [-0.4, -0.2) is 39.8 Å². The highest BCUT2D eigenvalue weighted by atomic mass is 19.3. The lowest BCUT2D eigenvalue weighted by Gasteiger charge is -2.31. The van der Waals surface area contributed by atoms with E-state index in [2.05, 4.69) is 15.3 Å². The molecule has 1 aromatic heterocycles. The average Bonchev–Trinajstić information content (AvgIpc) is 2.60. The zero-order valence-corrected chi connectivity index (χ0v) is 14.8. The Kier molecular flexibility index (Phi) is 5.16. The van der Waals surface area contributed by atoms with E-state index in [1.165, 1.54) is 6.07 Å². The smallest absolute Gasteiger partial charge is 0.272 e. The number of anilines is 2. The first-order valence-electron chi connectivity index (χ1n) is 8.38. The summed E-state index contributed by atoms with van der Waals surface area (Å²) >= 11 is 0. The van der Waals surface area contributed by atoms with Crippen molar-refractivity contribution in [3.8, 4) is 0 Å². The van der Waals surface area contributed by atoms with Gasteiger partial charge in [0.05, 0.1) is 16.6 Å². The molecule has 0 radical (unpaired) electrons. The molecule has 28 heavy (non-hydrogen) atoms. The van der Waals surface area contributed by atoms with Gasteiger partial charge in [-0.25, -0.2) is 18.2 Å². The first-order chi connectivity index (χ1) is 13.1. The zero-order chi connectivity index (χ0) is 20.5. The minimum Gasteiger partial charge on any atom is -0.340 e. The molecule has 11 heteroatoms. The molecule has 0 spiro atoms. The van der Waals surface area contributed by atoms with E-state index < -0.39 is 28.3 Å². The van der Waals surface area contributed by atoms with Crippen LogP contribution < -0.4 is 10.2 Å². The molecule has 2 heterocycles. The van der Waals surface area contributed by atoms with E-state index in [0.717, 1.165) is 12.1 Å². The molecule has 148 valence electrons. The van der Waals surface area contributed by atoms with Crippen molar-refractivity contribution in [2.45, 2.75) is 25.7 Å². The SMILES string of the molecule is Cc1cc(NC(=O)c2ccc([N+](=O)[O-])cc2F)nc(N2CCC(F)(F)CC2)n1. The molecule has 3 rings (SSSR count). The van der Waals surface area contributed by atoms with Gasteiger partial charge in [0.25, 0.3) is 17.5 Å². The molecule has 1 aliphatic heterocycles. The number of amides is 1. The summed E-state index contributed by atoms with van der Waals surface area (Å²) in [6, 6.07) is 4.12. The van der Waals surface area contributed by atoms with Crippen molar-refractivity contribution < 1.29 is 22.9 Å². The minimum atomic E-state index is -2.72. The Bertz CT molecular complexity index is 928. The number of nitrogens with zero attached hydrogens (tertiary/aromatic N) is 4. The van der Waals surface area contributed by atoms with Crippen molar-refractivity contribution in [1.82, 2.24) is 9.97 Å². The van der Waals surface area contributed by atoms with Crippen LogP contribution in [-0.2, 0) is 0 Å². The van der Waals surface area contributed by atoms with Gasteiger partial charge in [0.15, 0.2) is 0 Å². The van der Waals surface area contributed by atoms with Crippen LogP contribution in [0, 0.1) is 22.9 Å². The van der Waals surface area contributed by atoms with Gasteiger partial charge < -0.3 is 10.2 Å². The predicted octanol–water partition coefficient (Wildman–Crippen LogP) is 3.32. The highest BCUT2D eigenvalue weighted by molar-refractivity contribution is 6.04. The normalized spacial score (nSPS) is 15.9. The Labute approximate surface area is 157 Å². The monoisotopic (exact) mass is 395 g/mol. The average molecular weight is 395 g/mol. The second-order valence-electron chi connectivity index (χ2n) is 6.41. The van der Waals surface area contributed by atoms with Gasteiger partial charge in [0.2, 0.25) is 5.95 Å². The van der Waals surface area contributed by atoms with Crippen LogP contribution >= 0.6 is 0 Å². The number of aryl methyl sites for hydroxylation is 1. The zero-order valence-electron chi connectivity index (χ0n) is 14.8. The number of piperidine rings is 1. The van der Waals surface area contributed by atoms with Crippen molar-refractivity contribution in [3.63, 3.8) is 0 Å². The van der Waals surface area contributed by atoms with E-state index in [1.54, 1.807) is 11.8 Å². The molecule has 1 saturated heterocycles. The van der Waals surface area contributed by atoms with Crippen LogP contribution in [0.5, 0.6) is 0 Å². The quantitative estimate of drug-likeness (QED) is 0.630. The molecule has 8 nitrogen and oxygen atoms in total. The van der Waals surface area contributed by atoms with Gasteiger partial charge in [-0.3, -0.25) is 14.9 Å². The Balaban J connectivity index is 1.78. The highest BCUT2D eigenvalue weighted by Gasteiger charge is 2.35. The topological polar surface area (TPSA) is 101 Å². The number of hydrogen-bond donors (Lipinski definition) is 1. The standard InChI is InChI=1S/C17H16F3N5O3/c1-10-8-14(23-16(21-10)24-6-4-17(19,20)5-7-24)22-15(26)12-3-2-11(25(27)28)9-13(12)18/h2-3,8-9H,4-7H2,1H3,(H,21,22,23,26). The molecule has 1 fully saturated rings. The first-order valence-corrected chi connectivity index (χ1v) is 8.38. The number of benzene rings is 1. The van der Waals surface area contributed by atoms with E-state index in [4.69, 9.17) is 0 Å². The molecular weight excluding hydrogens is 379 g/mol. The molecule has 0 bridgehead atoms. The summed E-state index contributed by atoms with van der Waals surface area (Å²) in [5.41, 5.74) is -0.376. The van der Waals surface area contributed by atoms with Crippen molar-refractivity contribution in [1.29, 1.82) is 0 Å². The number of nitrogens with one attached hydrogen (secondary N) is 1. The molecule has 1 aromatic carbocycles. The van der Waals surface area contributed by atoms with E-state index in [0.29, 0.717) is 11.8 Å². The summed E-state index contributed by atoms with van der Waals surface area (Å²) in [6.45, 7) is 1.79. The minimum absolute atomic E-state index is 0.0703.